The molecule has 0 N–H and O–H groups in total. The molecule has 4 aromatic rings. The van der Waals surface area contributed by atoms with Gasteiger partial charge in [0.25, 0.3) is 17.7 Å². The Morgan fingerprint density at radius 3 is 1.73 bits per heavy atom. The number of aryl methyl sites for hydroxylation is 1. The molecule has 0 fully saturated rings. The minimum atomic E-state index is -0.698. The van der Waals surface area contributed by atoms with Gasteiger partial charge in [0.15, 0.2) is 0 Å². The molecule has 0 bridgehead atoms. The molecule has 40 heavy (non-hydrogen) atoms. The monoisotopic (exact) mass is 614 g/mol. The van der Waals surface area contributed by atoms with Gasteiger partial charge in [-0.05, 0) is 97.3 Å². The van der Waals surface area contributed by atoms with Crippen LogP contribution in [0.1, 0.15) is 43.1 Å². The van der Waals surface area contributed by atoms with E-state index in [2.05, 4.69) is 0 Å². The topological polar surface area (TPSA) is 57.7 Å². The normalized spacial score (nSPS) is 12.6. The summed E-state index contributed by atoms with van der Waals surface area (Å²) in [4.78, 5) is 43.3. The second kappa shape index (κ2) is 11.6. The third-order valence-electron chi connectivity index (χ3n) is 6.40. The predicted molar refractivity (Wildman–Crippen MR) is 157 cm³/mol. The highest BCUT2D eigenvalue weighted by Crippen LogP contribution is 2.31. The summed E-state index contributed by atoms with van der Waals surface area (Å²) in [6.07, 6.45) is 1.37. The van der Waals surface area contributed by atoms with Gasteiger partial charge in [0.1, 0.15) is 5.82 Å². The molecule has 1 aliphatic heterocycles. The van der Waals surface area contributed by atoms with E-state index in [0.717, 1.165) is 10.5 Å². The molecule has 0 aromatic heterocycles. The van der Waals surface area contributed by atoms with E-state index in [0.29, 0.717) is 30.6 Å². The summed E-state index contributed by atoms with van der Waals surface area (Å²) >= 11 is 24.5. The average Bonchev–Trinajstić information content (AvgIpc) is 2.91. The van der Waals surface area contributed by atoms with E-state index in [-0.39, 0.29) is 48.6 Å². The average molecular weight is 616 g/mol. The number of amides is 3. The first-order chi connectivity index (χ1) is 19.1. The number of rotatable bonds is 4. The zero-order chi connectivity index (χ0) is 28.6. The zero-order valence-electron chi connectivity index (χ0n) is 20.6. The number of hydrogen-bond acceptors (Lipinski definition) is 3. The van der Waals surface area contributed by atoms with Crippen molar-refractivity contribution in [2.45, 2.75) is 12.8 Å². The van der Waals surface area contributed by atoms with Crippen LogP contribution in [0.25, 0.3) is 0 Å². The Labute approximate surface area is 249 Å². The first kappa shape index (κ1) is 28.1. The van der Waals surface area contributed by atoms with Crippen LogP contribution in [0.4, 0.5) is 15.8 Å². The van der Waals surface area contributed by atoms with E-state index in [9.17, 15) is 18.8 Å². The molecule has 0 atom stereocenters. The molecule has 202 valence electrons. The second-order valence-corrected chi connectivity index (χ2v) is 10.9. The highest BCUT2D eigenvalue weighted by atomic mass is 35.5. The fraction of sp³-hybridized carbons (Fsp3) is 0.100. The highest BCUT2D eigenvalue weighted by Gasteiger charge is 2.29. The van der Waals surface area contributed by atoms with E-state index in [4.69, 9.17) is 46.4 Å². The minimum absolute atomic E-state index is 0.0799. The lowest BCUT2D eigenvalue weighted by Crippen LogP contribution is -2.37. The molecular weight excluding hydrogens is 597 g/mol. The number of carbonyl (C=O) groups excluding carboxylic acids is 3. The fourth-order valence-corrected chi connectivity index (χ4v) is 5.68. The van der Waals surface area contributed by atoms with Crippen LogP contribution in [0.2, 0.25) is 20.1 Å². The number of carbonyl (C=O) groups is 3. The van der Waals surface area contributed by atoms with Crippen molar-refractivity contribution in [3.63, 3.8) is 0 Å². The van der Waals surface area contributed by atoms with E-state index in [1.807, 2.05) is 0 Å². The minimum Gasteiger partial charge on any atom is -0.308 e. The van der Waals surface area contributed by atoms with Crippen LogP contribution in [0.3, 0.4) is 0 Å². The van der Waals surface area contributed by atoms with Crippen LogP contribution < -0.4 is 9.80 Å². The summed E-state index contributed by atoms with van der Waals surface area (Å²) in [5.41, 5.74) is 2.10. The highest BCUT2D eigenvalue weighted by molar-refractivity contribution is 6.37. The number of nitrogens with zero attached hydrogens (tertiary/aromatic N) is 2. The Hall–Kier alpha value is -3.42. The Balaban J connectivity index is 1.52. The van der Waals surface area contributed by atoms with Gasteiger partial charge in [-0.1, -0.05) is 46.4 Å². The third-order valence-corrected chi connectivity index (χ3v) is 7.28. The van der Waals surface area contributed by atoms with Crippen LogP contribution in [0.5, 0.6) is 0 Å². The van der Waals surface area contributed by atoms with Crippen LogP contribution >= 0.6 is 46.4 Å². The van der Waals surface area contributed by atoms with E-state index < -0.39 is 11.8 Å². The summed E-state index contributed by atoms with van der Waals surface area (Å²) in [6.45, 7) is 0.480. The molecule has 0 saturated carbocycles. The van der Waals surface area contributed by atoms with Gasteiger partial charge in [0.05, 0.1) is 5.69 Å². The van der Waals surface area contributed by atoms with Gasteiger partial charge >= 0.3 is 0 Å². The van der Waals surface area contributed by atoms with Gasteiger partial charge in [-0.3, -0.25) is 14.4 Å². The molecule has 0 unspecified atom stereocenters. The van der Waals surface area contributed by atoms with E-state index >= 15 is 0 Å². The molecule has 4 aromatic carbocycles. The van der Waals surface area contributed by atoms with Crippen molar-refractivity contribution in [1.82, 2.24) is 0 Å². The maximum absolute atomic E-state index is 13.7. The maximum Gasteiger partial charge on any atom is 0.265 e. The molecule has 0 aliphatic carbocycles. The quantitative estimate of drug-likeness (QED) is 0.216. The van der Waals surface area contributed by atoms with Crippen molar-refractivity contribution < 1.29 is 18.8 Å². The molecule has 5 rings (SSSR count). The van der Waals surface area contributed by atoms with Crippen molar-refractivity contribution in [2.75, 3.05) is 16.3 Å². The third kappa shape index (κ3) is 5.86. The number of benzene rings is 4. The van der Waals surface area contributed by atoms with Crippen molar-refractivity contribution in [2.24, 2.45) is 0 Å². The Morgan fingerprint density at radius 1 is 0.675 bits per heavy atom. The summed E-state index contributed by atoms with van der Waals surface area (Å²) in [5, 5.41) is 0.877. The lowest BCUT2D eigenvalue weighted by Gasteiger charge is -2.29. The largest absolute Gasteiger partial charge is 0.308 e. The first-order valence-electron chi connectivity index (χ1n) is 12.1. The maximum atomic E-state index is 13.7. The predicted octanol–water partition coefficient (Wildman–Crippen LogP) is 8.52. The van der Waals surface area contributed by atoms with Crippen molar-refractivity contribution in [3.8, 4) is 0 Å². The van der Waals surface area contributed by atoms with Crippen molar-refractivity contribution >= 4 is 75.5 Å². The summed E-state index contributed by atoms with van der Waals surface area (Å²) in [5.74, 6) is -2.03. The van der Waals surface area contributed by atoms with Gasteiger partial charge in [0.2, 0.25) is 0 Å². The SMILES string of the molecule is O=C(c1ccc(N(C(=O)c2cc(Cl)cc(Cl)c2)C(=O)c2cc(Cl)cc(Cl)c2)cc1)N1CCCc2cc(F)ccc21. The molecule has 1 heterocycles. The smallest absolute Gasteiger partial charge is 0.265 e. The van der Waals surface area contributed by atoms with Gasteiger partial charge in [-0.2, -0.15) is 0 Å². The molecule has 5 nitrogen and oxygen atoms in total. The summed E-state index contributed by atoms with van der Waals surface area (Å²) in [7, 11) is 0. The summed E-state index contributed by atoms with van der Waals surface area (Å²) < 4.78 is 13.7. The van der Waals surface area contributed by atoms with Crippen LogP contribution in [-0.2, 0) is 6.42 Å². The Bertz CT molecular complexity index is 1560. The van der Waals surface area contributed by atoms with Crippen molar-refractivity contribution in [1.29, 1.82) is 0 Å². The molecular formula is C30H19Cl4FN2O3. The molecule has 0 saturated heterocycles. The fourth-order valence-electron chi connectivity index (χ4n) is 4.63. The van der Waals surface area contributed by atoms with Crippen LogP contribution in [0.15, 0.2) is 78.9 Å². The van der Waals surface area contributed by atoms with Crippen LogP contribution in [0, 0.1) is 5.82 Å². The molecule has 1 aliphatic rings. The van der Waals surface area contributed by atoms with Crippen molar-refractivity contribution in [3.05, 3.63) is 127 Å². The Morgan fingerprint density at radius 2 is 1.20 bits per heavy atom. The number of imide groups is 1. The number of halogens is 5. The number of hydrogen-bond donors (Lipinski definition) is 0. The van der Waals surface area contributed by atoms with Gasteiger partial charge < -0.3 is 4.90 Å². The van der Waals surface area contributed by atoms with Gasteiger partial charge in [0, 0.05) is 49.0 Å². The molecule has 0 radical (unpaired) electrons. The Kier molecular flexibility index (Phi) is 8.15. The van der Waals surface area contributed by atoms with E-state index in [1.165, 1.54) is 72.8 Å². The molecule has 10 heteroatoms. The zero-order valence-corrected chi connectivity index (χ0v) is 23.7. The number of anilines is 2. The lowest BCUT2D eigenvalue weighted by atomic mass is 10.0. The van der Waals surface area contributed by atoms with Gasteiger partial charge in [-0.15, -0.1) is 0 Å². The summed E-state index contributed by atoms with van der Waals surface area (Å²) in [6, 6.07) is 18.9. The lowest BCUT2D eigenvalue weighted by molar-refractivity contribution is 0.0896. The molecule has 0 spiro atoms. The van der Waals surface area contributed by atoms with Crippen LogP contribution in [-0.4, -0.2) is 24.3 Å². The second-order valence-electron chi connectivity index (χ2n) is 9.14. The first-order valence-corrected chi connectivity index (χ1v) is 13.6. The number of fused-ring (bicyclic) bond motifs is 1. The molecule has 3 amide bonds. The standard InChI is InChI=1S/C30H19Cl4FN2O3/c31-21-10-19(11-22(32)15-21)29(39)37(30(40)20-12-23(33)16-24(34)13-20)26-6-3-17(4-7-26)28(38)36-9-1-2-18-14-25(35)5-8-27(18)36/h3-8,10-16H,1-2,9H2. The van der Waals surface area contributed by atoms with E-state index in [1.54, 1.807) is 11.0 Å². The van der Waals surface area contributed by atoms with Gasteiger partial charge in [-0.25, -0.2) is 9.29 Å².